The molecule has 0 bridgehead atoms. The van der Waals surface area contributed by atoms with Crippen LogP contribution in [0, 0.1) is 5.92 Å². The summed E-state index contributed by atoms with van der Waals surface area (Å²) >= 11 is 6.42. The van der Waals surface area contributed by atoms with Crippen molar-refractivity contribution >= 4 is 33.8 Å². The molecule has 0 aromatic heterocycles. The second kappa shape index (κ2) is 5.79. The number of anilines is 1. The number of benzene rings is 1. The molecule has 1 aromatic carbocycles. The molecule has 3 aliphatic rings. The van der Waals surface area contributed by atoms with Gasteiger partial charge in [0.2, 0.25) is 0 Å². The van der Waals surface area contributed by atoms with Gasteiger partial charge in [0.1, 0.15) is 10.9 Å². The van der Waals surface area contributed by atoms with Crippen LogP contribution >= 0.6 is 11.6 Å². The molecule has 0 saturated carbocycles. The van der Waals surface area contributed by atoms with Crippen molar-refractivity contribution in [2.24, 2.45) is 10.9 Å². The van der Waals surface area contributed by atoms with Crippen molar-refractivity contribution in [2.45, 2.75) is 39.0 Å². The highest BCUT2D eigenvalue weighted by molar-refractivity contribution is 6.66. The van der Waals surface area contributed by atoms with Gasteiger partial charge in [-0.25, -0.2) is 4.99 Å². The van der Waals surface area contributed by atoms with Gasteiger partial charge in [-0.1, -0.05) is 36.7 Å². The van der Waals surface area contributed by atoms with E-state index in [2.05, 4.69) is 35.0 Å². The fourth-order valence-electron chi connectivity index (χ4n) is 4.03. The van der Waals surface area contributed by atoms with E-state index in [1.807, 2.05) is 0 Å². The lowest BCUT2D eigenvalue weighted by Crippen LogP contribution is -2.26. The molecule has 4 rings (SSSR count). The van der Waals surface area contributed by atoms with Gasteiger partial charge in [0.25, 0.3) is 0 Å². The number of nitrogens with zero attached hydrogens (tertiary/aromatic N) is 2. The molecule has 1 atom stereocenters. The molecular formula is C19H21ClN2O. The Balaban J connectivity index is 1.87. The summed E-state index contributed by atoms with van der Waals surface area (Å²) in [6.07, 6.45) is 4.59. The van der Waals surface area contributed by atoms with Crippen molar-refractivity contribution < 1.29 is 4.79 Å². The van der Waals surface area contributed by atoms with Crippen LogP contribution in [-0.2, 0) is 11.2 Å². The molecule has 0 aliphatic carbocycles. The molecule has 0 spiro atoms. The van der Waals surface area contributed by atoms with Gasteiger partial charge in [0.15, 0.2) is 5.78 Å². The van der Waals surface area contributed by atoms with Gasteiger partial charge in [0.05, 0.1) is 0 Å². The van der Waals surface area contributed by atoms with Crippen molar-refractivity contribution in [2.75, 3.05) is 18.0 Å². The number of aliphatic imine (C=N–C) groups is 1. The van der Waals surface area contributed by atoms with Crippen LogP contribution in [0.4, 0.5) is 5.69 Å². The van der Waals surface area contributed by atoms with Gasteiger partial charge in [0, 0.05) is 42.3 Å². The number of para-hydroxylation sites is 1. The number of hydrogen-bond acceptors (Lipinski definition) is 3. The molecule has 23 heavy (non-hydrogen) atoms. The summed E-state index contributed by atoms with van der Waals surface area (Å²) < 4.78 is 0. The predicted molar refractivity (Wildman–Crippen MR) is 95.2 cm³/mol. The first-order valence-electron chi connectivity index (χ1n) is 8.56. The van der Waals surface area contributed by atoms with E-state index in [-0.39, 0.29) is 11.7 Å². The molecule has 0 amide bonds. The second-order valence-electron chi connectivity index (χ2n) is 6.67. The minimum atomic E-state index is 0.145. The molecule has 3 heterocycles. The molecular weight excluding hydrogens is 308 g/mol. The minimum Gasteiger partial charge on any atom is -0.366 e. The van der Waals surface area contributed by atoms with E-state index >= 15 is 0 Å². The molecule has 1 aromatic rings. The number of Topliss-reactive ketones (excluding diaryl/α,β-unsaturated/α-hetero) is 1. The summed E-state index contributed by atoms with van der Waals surface area (Å²) in [6.45, 7) is 3.95. The van der Waals surface area contributed by atoms with E-state index in [4.69, 9.17) is 11.6 Å². The highest BCUT2D eigenvalue weighted by Crippen LogP contribution is 2.43. The van der Waals surface area contributed by atoms with Crippen LogP contribution < -0.4 is 4.90 Å². The van der Waals surface area contributed by atoms with E-state index in [9.17, 15) is 4.79 Å². The van der Waals surface area contributed by atoms with Crippen LogP contribution in [0.25, 0.3) is 5.57 Å². The predicted octanol–water partition coefficient (Wildman–Crippen LogP) is 4.19. The van der Waals surface area contributed by atoms with Crippen LogP contribution in [0.15, 0.2) is 28.9 Å². The molecule has 0 radical (unpaired) electrons. The summed E-state index contributed by atoms with van der Waals surface area (Å²) in [7, 11) is 0. The van der Waals surface area contributed by atoms with E-state index in [1.54, 1.807) is 0 Å². The second-order valence-corrected chi connectivity index (χ2v) is 7.05. The smallest absolute Gasteiger partial charge is 0.181 e. The number of rotatable bonds is 1. The van der Waals surface area contributed by atoms with Gasteiger partial charge in [-0.05, 0) is 31.2 Å². The highest BCUT2D eigenvalue weighted by Gasteiger charge is 2.33. The zero-order valence-corrected chi connectivity index (χ0v) is 14.2. The van der Waals surface area contributed by atoms with E-state index in [0.29, 0.717) is 17.3 Å². The van der Waals surface area contributed by atoms with Crippen LogP contribution in [0.5, 0.6) is 0 Å². The van der Waals surface area contributed by atoms with Gasteiger partial charge in [-0.15, -0.1) is 0 Å². The van der Waals surface area contributed by atoms with Crippen molar-refractivity contribution in [3.8, 4) is 0 Å². The maximum atomic E-state index is 12.7. The summed E-state index contributed by atoms with van der Waals surface area (Å²) in [6, 6.07) is 6.44. The van der Waals surface area contributed by atoms with E-state index in [0.717, 1.165) is 37.9 Å². The highest BCUT2D eigenvalue weighted by atomic mass is 35.5. The third-order valence-corrected chi connectivity index (χ3v) is 5.70. The van der Waals surface area contributed by atoms with Gasteiger partial charge < -0.3 is 4.90 Å². The first kappa shape index (κ1) is 14.9. The third-order valence-electron chi connectivity index (χ3n) is 5.30. The Hall–Kier alpha value is -1.61. The van der Waals surface area contributed by atoms with Crippen LogP contribution in [-0.4, -0.2) is 24.0 Å². The quantitative estimate of drug-likeness (QED) is 0.724. The number of allylic oxidation sites excluding steroid dienone is 1. The summed E-state index contributed by atoms with van der Waals surface area (Å²) in [5.41, 5.74) is 5.58. The molecule has 3 nitrogen and oxygen atoms in total. The minimum absolute atomic E-state index is 0.145. The van der Waals surface area contributed by atoms with Crippen LogP contribution in [0.2, 0.25) is 0 Å². The lowest BCUT2D eigenvalue weighted by Gasteiger charge is -2.26. The van der Waals surface area contributed by atoms with Crippen molar-refractivity contribution in [3.05, 3.63) is 35.0 Å². The molecule has 0 fully saturated rings. The lowest BCUT2D eigenvalue weighted by molar-refractivity contribution is -0.115. The largest absolute Gasteiger partial charge is 0.366 e. The lowest BCUT2D eigenvalue weighted by atomic mass is 9.96. The molecule has 4 heteroatoms. The van der Waals surface area contributed by atoms with Gasteiger partial charge in [-0.2, -0.15) is 0 Å². The van der Waals surface area contributed by atoms with E-state index in [1.165, 1.54) is 23.2 Å². The number of halogens is 1. The Labute approximate surface area is 142 Å². The summed E-state index contributed by atoms with van der Waals surface area (Å²) in [4.78, 5) is 19.7. The van der Waals surface area contributed by atoms with Crippen molar-refractivity contribution in [3.63, 3.8) is 0 Å². The Morgan fingerprint density at radius 3 is 3.04 bits per heavy atom. The SMILES string of the molecule is CCC1CCC(=O)/C(=C2/CN3CCCc4cccc2c43)N=C1Cl. The standard InChI is InChI=1S/C19H21ClN2O/c1-2-12-8-9-16(23)17(21-19(12)20)15-11-22-10-4-6-13-5-3-7-14(15)18(13)22/h3,5,7,12H,2,4,6,8-11H2,1H3/b17-15+. The van der Waals surface area contributed by atoms with Gasteiger partial charge in [-0.3, -0.25) is 4.79 Å². The molecule has 1 unspecified atom stereocenters. The fourth-order valence-corrected chi connectivity index (χ4v) is 4.38. The molecule has 3 aliphatic heterocycles. The van der Waals surface area contributed by atoms with Crippen molar-refractivity contribution in [1.82, 2.24) is 0 Å². The Morgan fingerprint density at radius 2 is 2.22 bits per heavy atom. The summed E-state index contributed by atoms with van der Waals surface area (Å²) in [5, 5.41) is 0.604. The topological polar surface area (TPSA) is 32.7 Å². The van der Waals surface area contributed by atoms with Crippen LogP contribution in [0.3, 0.4) is 0 Å². The van der Waals surface area contributed by atoms with Crippen molar-refractivity contribution in [1.29, 1.82) is 0 Å². The first-order chi connectivity index (χ1) is 11.2. The number of aryl methyl sites for hydroxylation is 1. The zero-order valence-electron chi connectivity index (χ0n) is 13.4. The van der Waals surface area contributed by atoms with E-state index < -0.39 is 0 Å². The molecule has 120 valence electrons. The number of carbonyl (C=O) groups excluding carboxylic acids is 1. The first-order valence-corrected chi connectivity index (χ1v) is 8.94. The number of carbonyl (C=O) groups is 1. The maximum Gasteiger partial charge on any atom is 0.181 e. The number of hydrogen-bond donors (Lipinski definition) is 0. The zero-order chi connectivity index (χ0) is 16.0. The average molecular weight is 329 g/mol. The fraction of sp³-hybridized carbons (Fsp3) is 0.474. The monoisotopic (exact) mass is 328 g/mol. The normalized spacial score (nSPS) is 26.9. The number of ketones is 1. The Morgan fingerprint density at radius 1 is 1.35 bits per heavy atom. The average Bonchev–Trinajstić information content (AvgIpc) is 2.87. The third kappa shape index (κ3) is 2.42. The Kier molecular flexibility index (Phi) is 3.76. The van der Waals surface area contributed by atoms with Gasteiger partial charge >= 0.3 is 0 Å². The summed E-state index contributed by atoms with van der Waals surface area (Å²) in [5.74, 6) is 0.365. The molecule has 0 N–H and O–H groups in total. The maximum absolute atomic E-state index is 12.7. The van der Waals surface area contributed by atoms with Crippen LogP contribution in [0.1, 0.15) is 43.7 Å². The Bertz CT molecular complexity index is 735. The molecule has 0 saturated heterocycles.